The lowest BCUT2D eigenvalue weighted by Crippen LogP contribution is -2.41. The van der Waals surface area contributed by atoms with Gasteiger partial charge in [-0.2, -0.15) is 0 Å². The van der Waals surface area contributed by atoms with Crippen molar-refractivity contribution in [2.24, 2.45) is 0 Å². The first-order valence-electron chi connectivity index (χ1n) is 5.19. The predicted octanol–water partition coefficient (Wildman–Crippen LogP) is 2.80. The zero-order valence-electron chi connectivity index (χ0n) is 9.04. The maximum absolute atomic E-state index is 6.17. The van der Waals surface area contributed by atoms with Crippen LogP contribution in [0.25, 0.3) is 0 Å². The van der Waals surface area contributed by atoms with E-state index in [0.717, 1.165) is 18.8 Å². The predicted molar refractivity (Wildman–Crippen MR) is 68.5 cm³/mol. The van der Waals surface area contributed by atoms with E-state index in [1.807, 2.05) is 6.92 Å². The lowest BCUT2D eigenvalue weighted by atomic mass is 10.2. The summed E-state index contributed by atoms with van der Waals surface area (Å²) in [5, 5.41) is 1.19. The van der Waals surface area contributed by atoms with Crippen molar-refractivity contribution in [1.82, 2.24) is 0 Å². The Kier molecular flexibility index (Phi) is 3.47. The molecule has 2 N–H and O–H groups in total. The molecule has 0 saturated carbocycles. The van der Waals surface area contributed by atoms with Gasteiger partial charge in [-0.3, -0.25) is 0 Å². The number of rotatable bonds is 1. The molecule has 1 aliphatic rings. The Bertz CT molecular complexity index is 375. The first kappa shape index (κ1) is 11.8. The Balaban J connectivity index is 2.32. The molecule has 1 heterocycles. The van der Waals surface area contributed by atoms with E-state index in [1.165, 1.54) is 0 Å². The van der Waals surface area contributed by atoms with Crippen molar-refractivity contribution in [3.63, 3.8) is 0 Å². The third-order valence-electron chi connectivity index (χ3n) is 2.60. The van der Waals surface area contributed by atoms with Gasteiger partial charge >= 0.3 is 0 Å². The van der Waals surface area contributed by atoms with Crippen LogP contribution in [-0.4, -0.2) is 25.8 Å². The molecular formula is C11H14Cl2N2O. The van der Waals surface area contributed by atoms with Crippen molar-refractivity contribution in [1.29, 1.82) is 0 Å². The minimum absolute atomic E-state index is 0.193. The van der Waals surface area contributed by atoms with Gasteiger partial charge in [-0.1, -0.05) is 23.2 Å². The van der Waals surface area contributed by atoms with Crippen molar-refractivity contribution in [2.75, 3.05) is 30.3 Å². The lowest BCUT2D eigenvalue weighted by molar-refractivity contribution is 0.0532. The molecule has 16 heavy (non-hydrogen) atoms. The van der Waals surface area contributed by atoms with Crippen molar-refractivity contribution < 1.29 is 4.74 Å². The van der Waals surface area contributed by atoms with E-state index < -0.39 is 0 Å². The van der Waals surface area contributed by atoms with Crippen LogP contribution in [0.1, 0.15) is 6.92 Å². The van der Waals surface area contributed by atoms with E-state index in [9.17, 15) is 0 Å². The quantitative estimate of drug-likeness (QED) is 0.790. The van der Waals surface area contributed by atoms with Gasteiger partial charge in [0.05, 0.1) is 28.4 Å². The second-order valence-corrected chi connectivity index (χ2v) is 4.77. The Morgan fingerprint density at radius 3 is 2.56 bits per heavy atom. The molecular weight excluding hydrogens is 247 g/mol. The highest BCUT2D eigenvalue weighted by Crippen LogP contribution is 2.36. The SMILES string of the molecule is CC1CN(c2c(Cl)cc(N)cc2Cl)CCO1. The Labute approximate surface area is 105 Å². The van der Waals surface area contributed by atoms with Crippen molar-refractivity contribution >= 4 is 34.6 Å². The zero-order chi connectivity index (χ0) is 11.7. The first-order chi connectivity index (χ1) is 7.58. The Morgan fingerprint density at radius 1 is 1.38 bits per heavy atom. The standard InChI is InChI=1S/C11H14Cl2N2O/c1-7-6-15(2-3-16-7)11-9(12)4-8(14)5-10(11)13/h4-5,7H,2-3,6,14H2,1H3. The van der Waals surface area contributed by atoms with Crippen LogP contribution in [0.3, 0.4) is 0 Å². The van der Waals surface area contributed by atoms with Gasteiger partial charge in [0.25, 0.3) is 0 Å². The fraction of sp³-hybridized carbons (Fsp3) is 0.455. The van der Waals surface area contributed by atoms with Crippen molar-refractivity contribution in [3.05, 3.63) is 22.2 Å². The largest absolute Gasteiger partial charge is 0.399 e. The minimum Gasteiger partial charge on any atom is -0.399 e. The number of anilines is 2. The van der Waals surface area contributed by atoms with Crippen LogP contribution in [0.15, 0.2) is 12.1 Å². The zero-order valence-corrected chi connectivity index (χ0v) is 10.6. The summed E-state index contributed by atoms with van der Waals surface area (Å²) in [6.07, 6.45) is 0.193. The molecule has 1 fully saturated rings. The molecule has 0 spiro atoms. The smallest absolute Gasteiger partial charge is 0.0748 e. The second kappa shape index (κ2) is 4.70. The second-order valence-electron chi connectivity index (χ2n) is 3.96. The molecule has 0 aliphatic carbocycles. The number of nitrogen functional groups attached to an aromatic ring is 1. The van der Waals surface area contributed by atoms with E-state index in [2.05, 4.69) is 4.90 Å². The molecule has 1 atom stereocenters. The van der Waals surface area contributed by atoms with Crippen LogP contribution < -0.4 is 10.6 Å². The van der Waals surface area contributed by atoms with E-state index in [4.69, 9.17) is 33.7 Å². The van der Waals surface area contributed by atoms with Crippen molar-refractivity contribution in [3.8, 4) is 0 Å². The molecule has 2 rings (SSSR count). The van der Waals surface area contributed by atoms with Crippen LogP contribution in [0.2, 0.25) is 10.0 Å². The minimum atomic E-state index is 0.193. The summed E-state index contributed by atoms with van der Waals surface area (Å²) in [7, 11) is 0. The number of benzene rings is 1. The Hall–Kier alpha value is -0.640. The fourth-order valence-corrected chi connectivity index (χ4v) is 2.65. The molecule has 0 aromatic heterocycles. The molecule has 88 valence electrons. The molecule has 1 aliphatic heterocycles. The van der Waals surface area contributed by atoms with Gasteiger partial charge in [-0.15, -0.1) is 0 Å². The van der Waals surface area contributed by atoms with Gasteiger partial charge in [-0.05, 0) is 19.1 Å². The topological polar surface area (TPSA) is 38.5 Å². The van der Waals surface area contributed by atoms with E-state index in [-0.39, 0.29) is 6.10 Å². The van der Waals surface area contributed by atoms with Crippen LogP contribution in [0, 0.1) is 0 Å². The summed E-state index contributed by atoms with van der Waals surface area (Å²) in [6, 6.07) is 3.45. The van der Waals surface area contributed by atoms with Crippen LogP contribution >= 0.6 is 23.2 Å². The summed E-state index contributed by atoms with van der Waals surface area (Å²) < 4.78 is 5.48. The third-order valence-corrected chi connectivity index (χ3v) is 3.17. The number of hydrogen-bond donors (Lipinski definition) is 1. The highest BCUT2D eigenvalue weighted by molar-refractivity contribution is 6.39. The van der Waals surface area contributed by atoms with E-state index >= 15 is 0 Å². The molecule has 1 unspecified atom stereocenters. The maximum Gasteiger partial charge on any atom is 0.0748 e. The number of ether oxygens (including phenoxy) is 1. The van der Waals surface area contributed by atoms with Gasteiger partial charge in [0.2, 0.25) is 0 Å². The van der Waals surface area contributed by atoms with E-state index in [0.29, 0.717) is 22.3 Å². The van der Waals surface area contributed by atoms with Gasteiger partial charge < -0.3 is 15.4 Å². The number of nitrogens with two attached hydrogens (primary N) is 1. The molecule has 0 amide bonds. The van der Waals surface area contributed by atoms with Crippen LogP contribution in [0.5, 0.6) is 0 Å². The number of halogens is 2. The molecule has 3 nitrogen and oxygen atoms in total. The first-order valence-corrected chi connectivity index (χ1v) is 5.94. The summed E-state index contributed by atoms with van der Waals surface area (Å²) >= 11 is 12.3. The highest BCUT2D eigenvalue weighted by atomic mass is 35.5. The molecule has 1 aromatic carbocycles. The van der Waals surface area contributed by atoms with Crippen molar-refractivity contribution in [2.45, 2.75) is 13.0 Å². The number of morpholine rings is 1. The summed E-state index contributed by atoms with van der Waals surface area (Å²) in [6.45, 7) is 4.32. The van der Waals surface area contributed by atoms with Gasteiger partial charge in [0.15, 0.2) is 0 Å². The van der Waals surface area contributed by atoms with Gasteiger partial charge in [0.1, 0.15) is 0 Å². The molecule has 5 heteroatoms. The average molecular weight is 261 g/mol. The monoisotopic (exact) mass is 260 g/mol. The summed E-state index contributed by atoms with van der Waals surface area (Å²) in [4.78, 5) is 2.14. The average Bonchev–Trinajstić information content (AvgIpc) is 2.15. The van der Waals surface area contributed by atoms with Gasteiger partial charge in [0, 0.05) is 18.8 Å². The molecule has 0 bridgehead atoms. The number of hydrogen-bond acceptors (Lipinski definition) is 3. The molecule has 1 aromatic rings. The molecule has 1 saturated heterocycles. The van der Waals surface area contributed by atoms with Gasteiger partial charge in [-0.25, -0.2) is 0 Å². The maximum atomic E-state index is 6.17. The van der Waals surface area contributed by atoms with E-state index in [1.54, 1.807) is 12.1 Å². The fourth-order valence-electron chi connectivity index (χ4n) is 1.91. The van der Waals surface area contributed by atoms with Crippen LogP contribution in [-0.2, 0) is 4.74 Å². The summed E-state index contributed by atoms with van der Waals surface area (Å²) in [5.74, 6) is 0. The normalized spacial score (nSPS) is 21.2. The third kappa shape index (κ3) is 2.37. The number of nitrogens with zero attached hydrogens (tertiary/aromatic N) is 1. The van der Waals surface area contributed by atoms with Crippen LogP contribution in [0.4, 0.5) is 11.4 Å². The summed E-state index contributed by atoms with van der Waals surface area (Å²) in [5.41, 5.74) is 7.11. The highest BCUT2D eigenvalue weighted by Gasteiger charge is 2.21. The lowest BCUT2D eigenvalue weighted by Gasteiger charge is -2.34. The Morgan fingerprint density at radius 2 is 2.00 bits per heavy atom. The molecule has 0 radical (unpaired) electrons.